The molecule has 0 aliphatic carbocycles. The summed E-state index contributed by atoms with van der Waals surface area (Å²) in [6.45, 7) is 4.25. The number of aryl methyl sites for hydroxylation is 1. The molecular formula is C19H19ClN4. The predicted octanol–water partition coefficient (Wildman–Crippen LogP) is 4.51. The first-order valence-electron chi connectivity index (χ1n) is 8.41. The lowest BCUT2D eigenvalue weighted by Crippen LogP contribution is -2.19. The van der Waals surface area contributed by atoms with Crippen LogP contribution in [0.25, 0.3) is 22.0 Å². The lowest BCUT2D eigenvalue weighted by Gasteiger charge is -2.16. The van der Waals surface area contributed by atoms with Gasteiger partial charge in [0, 0.05) is 36.4 Å². The van der Waals surface area contributed by atoms with Crippen LogP contribution in [0.3, 0.4) is 0 Å². The van der Waals surface area contributed by atoms with Crippen LogP contribution in [0.5, 0.6) is 0 Å². The smallest absolute Gasteiger partial charge is 0.151 e. The quantitative estimate of drug-likeness (QED) is 0.704. The second-order valence-corrected chi connectivity index (χ2v) is 6.59. The number of hydrogen-bond donors (Lipinski definition) is 0. The van der Waals surface area contributed by atoms with Crippen molar-refractivity contribution >= 4 is 28.3 Å². The van der Waals surface area contributed by atoms with Crippen LogP contribution < -0.4 is 4.90 Å². The molecule has 2 aromatic heterocycles. The molecular weight excluding hydrogens is 320 g/mol. The Bertz CT molecular complexity index is 888. The Kier molecular flexibility index (Phi) is 4.07. The zero-order valence-electron chi connectivity index (χ0n) is 13.7. The van der Waals surface area contributed by atoms with Gasteiger partial charge in [-0.2, -0.15) is 0 Å². The van der Waals surface area contributed by atoms with Crippen LogP contribution in [0.1, 0.15) is 25.3 Å². The molecule has 122 valence electrons. The van der Waals surface area contributed by atoms with Crippen molar-refractivity contribution in [1.29, 1.82) is 0 Å². The standard InChI is InChI=1S/C19H19ClN4/c1-2-13-5-6-21-12-16(13)14-9-15-11-18(24-7-3-4-8-24)22-23-19(15)17(20)10-14/h5-6,9-12H,2-4,7-8H2,1H3. The number of rotatable bonds is 3. The van der Waals surface area contributed by atoms with E-state index in [1.165, 1.54) is 18.4 Å². The van der Waals surface area contributed by atoms with Gasteiger partial charge in [0.05, 0.1) is 5.02 Å². The highest BCUT2D eigenvalue weighted by molar-refractivity contribution is 6.35. The number of halogens is 1. The summed E-state index contributed by atoms with van der Waals surface area (Å²) in [7, 11) is 0. The normalized spacial score (nSPS) is 14.5. The number of hydrogen-bond acceptors (Lipinski definition) is 4. The minimum atomic E-state index is 0.633. The number of benzene rings is 1. The Hall–Kier alpha value is -2.20. The highest BCUT2D eigenvalue weighted by Crippen LogP contribution is 2.32. The largest absolute Gasteiger partial charge is 0.355 e. The van der Waals surface area contributed by atoms with Gasteiger partial charge in [0.15, 0.2) is 5.82 Å². The average molecular weight is 339 g/mol. The van der Waals surface area contributed by atoms with Crippen molar-refractivity contribution in [2.45, 2.75) is 26.2 Å². The molecule has 0 radical (unpaired) electrons. The van der Waals surface area contributed by atoms with E-state index in [-0.39, 0.29) is 0 Å². The van der Waals surface area contributed by atoms with Crippen molar-refractivity contribution in [3.05, 3.63) is 47.2 Å². The molecule has 0 spiro atoms. The highest BCUT2D eigenvalue weighted by Gasteiger charge is 2.16. The third-order valence-corrected chi connectivity index (χ3v) is 4.95. The first-order chi connectivity index (χ1) is 11.8. The summed E-state index contributed by atoms with van der Waals surface area (Å²) >= 11 is 6.48. The van der Waals surface area contributed by atoms with E-state index in [0.29, 0.717) is 5.02 Å². The number of aromatic nitrogens is 3. The van der Waals surface area contributed by atoms with Crippen molar-refractivity contribution in [3.63, 3.8) is 0 Å². The predicted molar refractivity (Wildman–Crippen MR) is 98.6 cm³/mol. The van der Waals surface area contributed by atoms with Crippen LogP contribution in [0.2, 0.25) is 5.02 Å². The van der Waals surface area contributed by atoms with Crippen molar-refractivity contribution in [2.24, 2.45) is 0 Å². The Morgan fingerprint density at radius 1 is 1.12 bits per heavy atom. The molecule has 4 nitrogen and oxygen atoms in total. The Morgan fingerprint density at radius 2 is 1.96 bits per heavy atom. The van der Waals surface area contributed by atoms with Crippen molar-refractivity contribution in [3.8, 4) is 11.1 Å². The first kappa shape index (κ1) is 15.3. The van der Waals surface area contributed by atoms with E-state index in [4.69, 9.17) is 11.6 Å². The van der Waals surface area contributed by atoms with Crippen LogP contribution in [-0.4, -0.2) is 28.3 Å². The van der Waals surface area contributed by atoms with Gasteiger partial charge in [0.25, 0.3) is 0 Å². The van der Waals surface area contributed by atoms with E-state index < -0.39 is 0 Å². The summed E-state index contributed by atoms with van der Waals surface area (Å²) in [4.78, 5) is 6.57. The number of nitrogens with zero attached hydrogens (tertiary/aromatic N) is 4. The maximum absolute atomic E-state index is 6.48. The van der Waals surface area contributed by atoms with E-state index in [2.05, 4.69) is 45.2 Å². The molecule has 0 atom stereocenters. The maximum atomic E-state index is 6.48. The molecule has 1 fully saturated rings. The fourth-order valence-corrected chi connectivity index (χ4v) is 3.62. The van der Waals surface area contributed by atoms with Crippen LogP contribution in [0.4, 0.5) is 5.82 Å². The average Bonchev–Trinajstić information content (AvgIpc) is 3.16. The second kappa shape index (κ2) is 6.36. The summed E-state index contributed by atoms with van der Waals surface area (Å²) in [6.07, 6.45) is 7.14. The van der Waals surface area contributed by atoms with E-state index in [1.54, 1.807) is 0 Å². The zero-order valence-corrected chi connectivity index (χ0v) is 14.4. The zero-order chi connectivity index (χ0) is 16.5. The van der Waals surface area contributed by atoms with Gasteiger partial charge in [-0.25, -0.2) is 0 Å². The van der Waals surface area contributed by atoms with Gasteiger partial charge in [-0.3, -0.25) is 4.98 Å². The minimum Gasteiger partial charge on any atom is -0.355 e. The molecule has 1 aliphatic rings. The summed E-state index contributed by atoms with van der Waals surface area (Å²) < 4.78 is 0. The van der Waals surface area contributed by atoms with E-state index in [0.717, 1.165) is 47.4 Å². The lowest BCUT2D eigenvalue weighted by molar-refractivity contribution is 0.906. The monoisotopic (exact) mass is 338 g/mol. The second-order valence-electron chi connectivity index (χ2n) is 6.18. The Morgan fingerprint density at radius 3 is 2.75 bits per heavy atom. The van der Waals surface area contributed by atoms with Crippen LogP contribution in [0.15, 0.2) is 36.7 Å². The number of pyridine rings is 1. The fourth-order valence-electron chi connectivity index (χ4n) is 3.35. The van der Waals surface area contributed by atoms with Crippen molar-refractivity contribution < 1.29 is 0 Å². The molecule has 3 heterocycles. The third kappa shape index (κ3) is 2.71. The Balaban J connectivity index is 1.85. The van der Waals surface area contributed by atoms with Gasteiger partial charge < -0.3 is 4.90 Å². The molecule has 4 rings (SSSR count). The van der Waals surface area contributed by atoms with E-state index in [9.17, 15) is 0 Å². The molecule has 0 bridgehead atoms. The van der Waals surface area contributed by atoms with Gasteiger partial charge in [0.2, 0.25) is 0 Å². The maximum Gasteiger partial charge on any atom is 0.151 e. The molecule has 3 aromatic rings. The van der Waals surface area contributed by atoms with Crippen LogP contribution in [0, 0.1) is 0 Å². The SMILES string of the molecule is CCc1ccncc1-c1cc(Cl)c2nnc(N3CCCC3)cc2c1. The molecule has 0 saturated carbocycles. The molecule has 5 heteroatoms. The van der Waals surface area contributed by atoms with Crippen molar-refractivity contribution in [2.75, 3.05) is 18.0 Å². The fraction of sp³-hybridized carbons (Fsp3) is 0.316. The molecule has 24 heavy (non-hydrogen) atoms. The van der Waals surface area contributed by atoms with Gasteiger partial charge in [0.1, 0.15) is 5.52 Å². The number of fused-ring (bicyclic) bond motifs is 1. The van der Waals surface area contributed by atoms with Crippen LogP contribution >= 0.6 is 11.6 Å². The van der Waals surface area contributed by atoms with Gasteiger partial charge in [-0.15, -0.1) is 10.2 Å². The molecule has 0 N–H and O–H groups in total. The van der Waals surface area contributed by atoms with Gasteiger partial charge in [-0.1, -0.05) is 18.5 Å². The van der Waals surface area contributed by atoms with E-state index in [1.807, 2.05) is 18.5 Å². The lowest BCUT2D eigenvalue weighted by atomic mass is 9.99. The summed E-state index contributed by atoms with van der Waals surface area (Å²) in [6, 6.07) is 8.27. The van der Waals surface area contributed by atoms with E-state index >= 15 is 0 Å². The van der Waals surface area contributed by atoms with Crippen LogP contribution in [-0.2, 0) is 6.42 Å². The van der Waals surface area contributed by atoms with Gasteiger partial charge in [-0.05, 0) is 54.7 Å². The van der Waals surface area contributed by atoms with Gasteiger partial charge >= 0.3 is 0 Å². The summed E-state index contributed by atoms with van der Waals surface area (Å²) in [5, 5.41) is 10.4. The molecule has 1 aliphatic heterocycles. The minimum absolute atomic E-state index is 0.633. The Labute approximate surface area is 146 Å². The topological polar surface area (TPSA) is 41.9 Å². The highest BCUT2D eigenvalue weighted by atomic mass is 35.5. The molecule has 0 amide bonds. The first-order valence-corrected chi connectivity index (χ1v) is 8.79. The number of anilines is 1. The van der Waals surface area contributed by atoms with Crippen molar-refractivity contribution in [1.82, 2.24) is 15.2 Å². The summed E-state index contributed by atoms with van der Waals surface area (Å²) in [5.74, 6) is 0.940. The summed E-state index contributed by atoms with van der Waals surface area (Å²) in [5.41, 5.74) is 4.23. The molecule has 1 aromatic carbocycles. The third-order valence-electron chi connectivity index (χ3n) is 4.66. The molecule has 0 unspecified atom stereocenters. The molecule has 1 saturated heterocycles.